The zero-order valence-corrected chi connectivity index (χ0v) is 17.9. The van der Waals surface area contributed by atoms with Crippen molar-refractivity contribution in [3.63, 3.8) is 0 Å². The first-order valence-electron chi connectivity index (χ1n) is 8.09. The molecule has 4 aromatic carbocycles. The first-order chi connectivity index (χ1) is 13.4. The maximum Gasteiger partial charge on any atom is 0.271 e. The van der Waals surface area contributed by atoms with Crippen molar-refractivity contribution in [2.24, 2.45) is 0 Å². The summed E-state index contributed by atoms with van der Waals surface area (Å²) < 4.78 is 0. The standard InChI is InChI=1S/2C10H7NO3.Ni.4H2O/c2*12-8-7(9(13)10(8)14)11-6-4-2-1-3-5-6;;;;;/h2*1-5,11-12H;;4*1H2/p+4. The summed E-state index contributed by atoms with van der Waals surface area (Å²) in [4.78, 5) is 43.2. The van der Waals surface area contributed by atoms with Crippen LogP contribution in [0.5, 0.6) is 11.5 Å². The van der Waals surface area contributed by atoms with Crippen LogP contribution in [0.3, 0.4) is 0 Å². The van der Waals surface area contributed by atoms with Gasteiger partial charge in [0.25, 0.3) is 21.7 Å². The third-order valence-electron chi connectivity index (χ3n) is 3.86. The summed E-state index contributed by atoms with van der Waals surface area (Å²) in [5.41, 5.74) is -1.74. The number of nitrogens with one attached hydrogen (secondary N) is 2. The quantitative estimate of drug-likeness (QED) is 0.131. The van der Waals surface area contributed by atoms with Gasteiger partial charge in [0.05, 0.1) is 0 Å². The average molecular weight is 513 g/mol. The van der Waals surface area contributed by atoms with E-state index in [0.717, 1.165) is 0 Å². The van der Waals surface area contributed by atoms with Gasteiger partial charge >= 0.3 is 0 Å². The minimum absolute atomic E-state index is 0. The van der Waals surface area contributed by atoms with Gasteiger partial charge in [-0.1, -0.05) is 36.4 Å². The Balaban J connectivity index is -0.000000474. The van der Waals surface area contributed by atoms with Crippen LogP contribution in [-0.2, 0) is 38.4 Å². The van der Waals surface area contributed by atoms with Gasteiger partial charge < -0.3 is 42.8 Å². The monoisotopic (exact) mass is 512 g/mol. The van der Waals surface area contributed by atoms with Gasteiger partial charge in [-0.05, 0) is 24.3 Å². The topological polar surface area (TPSA) is 265 Å². The van der Waals surface area contributed by atoms with Gasteiger partial charge in [-0.25, -0.2) is 0 Å². The van der Waals surface area contributed by atoms with Crippen LogP contribution < -0.4 is 32.3 Å². The molecule has 0 bridgehead atoms. The molecule has 0 aromatic heterocycles. The fourth-order valence-electron chi connectivity index (χ4n) is 2.32. The van der Waals surface area contributed by atoms with Crippen molar-refractivity contribution in [1.82, 2.24) is 0 Å². The van der Waals surface area contributed by atoms with E-state index in [1.807, 2.05) is 12.1 Å². The van der Waals surface area contributed by atoms with Crippen molar-refractivity contribution in [2.75, 3.05) is 10.6 Å². The maximum absolute atomic E-state index is 10.9. The number of aromatic hydroxyl groups is 2. The van der Waals surface area contributed by atoms with Crippen LogP contribution in [0.25, 0.3) is 0 Å². The van der Waals surface area contributed by atoms with Crippen LogP contribution in [0.15, 0.2) is 79.8 Å². The van der Waals surface area contributed by atoms with Gasteiger partial charge in [0.15, 0.2) is 11.5 Å². The number of hydrogen-bond donors (Lipinski definition) is 4. The van der Waals surface area contributed by atoms with Crippen molar-refractivity contribution in [1.29, 1.82) is 0 Å². The number of hydrogen-bond acceptors (Lipinski definition) is 8. The molecule has 0 aliphatic rings. The number of benzene rings is 2. The first kappa shape index (κ1) is 33.8. The zero-order valence-electron chi connectivity index (χ0n) is 16.9. The molecular formula is C20H26N2NiO10+4. The van der Waals surface area contributed by atoms with E-state index in [1.54, 1.807) is 48.5 Å². The second-order valence-electron chi connectivity index (χ2n) is 5.75. The molecule has 4 aromatic rings. The summed E-state index contributed by atoms with van der Waals surface area (Å²) in [6, 6.07) is 17.7. The predicted molar refractivity (Wildman–Crippen MR) is 125 cm³/mol. The fourth-order valence-corrected chi connectivity index (χ4v) is 2.32. The molecule has 0 atom stereocenters. The predicted octanol–water partition coefficient (Wildman–Crippen LogP) is -2.23. The normalized spacial score (nSPS) is 8.73. The van der Waals surface area contributed by atoms with Gasteiger partial charge in [-0.15, -0.1) is 0 Å². The smallest absolute Gasteiger partial charge is 0.271 e. The van der Waals surface area contributed by atoms with Crippen molar-refractivity contribution in [3.8, 4) is 11.5 Å². The molecule has 0 unspecified atom stereocenters. The molecule has 4 rings (SSSR count). The molecule has 182 valence electrons. The fraction of sp³-hybridized carbons (Fsp3) is 0. The van der Waals surface area contributed by atoms with Crippen LogP contribution in [-0.4, -0.2) is 10.2 Å². The molecule has 0 saturated carbocycles. The first-order valence-corrected chi connectivity index (χ1v) is 8.09. The Morgan fingerprint density at radius 1 is 0.485 bits per heavy atom. The summed E-state index contributed by atoms with van der Waals surface area (Å²) in [7, 11) is 0. The SMILES string of the molecule is O=c1c(O)c(Nc2ccccc2)c1=O.O=c1c(O)c(Nc2ccccc2)c1=O.[Ni].[OH3+].[OH3+].[OH3+].[OH3+]. The van der Waals surface area contributed by atoms with Gasteiger partial charge in [0.2, 0.25) is 0 Å². The number of anilines is 4. The Labute approximate surface area is 195 Å². The van der Waals surface area contributed by atoms with E-state index in [2.05, 4.69) is 10.6 Å². The molecule has 0 aliphatic carbocycles. The number of para-hydroxylation sites is 2. The molecule has 16 N–H and O–H groups in total. The Kier molecular flexibility index (Phi) is 14.6. The van der Waals surface area contributed by atoms with E-state index in [1.165, 1.54) is 0 Å². The van der Waals surface area contributed by atoms with Crippen LogP contribution in [0.4, 0.5) is 22.7 Å². The largest absolute Gasteiger partial charge is 0.502 e. The van der Waals surface area contributed by atoms with Crippen molar-refractivity contribution >= 4 is 22.7 Å². The van der Waals surface area contributed by atoms with Crippen molar-refractivity contribution < 1.29 is 48.6 Å². The third-order valence-corrected chi connectivity index (χ3v) is 3.86. The average Bonchev–Trinajstić information content (AvgIpc) is 2.76. The molecule has 0 radical (unpaired) electrons. The number of rotatable bonds is 4. The maximum atomic E-state index is 10.9. The summed E-state index contributed by atoms with van der Waals surface area (Å²) in [6.45, 7) is 0. The van der Waals surface area contributed by atoms with Crippen LogP contribution >= 0.6 is 0 Å². The van der Waals surface area contributed by atoms with Gasteiger partial charge in [-0.2, -0.15) is 0 Å². The van der Waals surface area contributed by atoms with E-state index in [4.69, 9.17) is 10.2 Å². The second-order valence-corrected chi connectivity index (χ2v) is 5.75. The Morgan fingerprint density at radius 3 is 1.00 bits per heavy atom. The molecule has 0 heterocycles. The summed E-state index contributed by atoms with van der Waals surface area (Å²) in [5.74, 6) is -0.974. The molecular weight excluding hydrogens is 487 g/mol. The van der Waals surface area contributed by atoms with Gasteiger partial charge in [0.1, 0.15) is 11.4 Å². The molecule has 0 amide bonds. The Hall–Kier alpha value is -3.87. The van der Waals surface area contributed by atoms with E-state index < -0.39 is 33.2 Å². The minimum atomic E-state index is -0.830. The van der Waals surface area contributed by atoms with Gasteiger partial charge in [0, 0.05) is 27.9 Å². The molecule has 0 aliphatic heterocycles. The third kappa shape index (κ3) is 7.07. The molecule has 0 fully saturated rings. The van der Waals surface area contributed by atoms with Crippen LogP contribution in [0.2, 0.25) is 0 Å². The minimum Gasteiger partial charge on any atom is -0.502 e. The Morgan fingerprint density at radius 2 is 0.758 bits per heavy atom. The zero-order chi connectivity index (χ0) is 20.3. The molecule has 0 saturated heterocycles. The molecule has 0 spiro atoms. The summed E-state index contributed by atoms with van der Waals surface area (Å²) in [6.07, 6.45) is 0. The summed E-state index contributed by atoms with van der Waals surface area (Å²) in [5, 5.41) is 23.4. The van der Waals surface area contributed by atoms with E-state index in [-0.39, 0.29) is 49.8 Å². The van der Waals surface area contributed by atoms with Crippen LogP contribution in [0, 0.1) is 0 Å². The van der Waals surface area contributed by atoms with Crippen molar-refractivity contribution in [2.45, 2.75) is 0 Å². The van der Waals surface area contributed by atoms with Gasteiger partial charge in [-0.3, -0.25) is 19.2 Å². The van der Waals surface area contributed by atoms with Crippen LogP contribution in [0.1, 0.15) is 0 Å². The Bertz CT molecular complexity index is 1160. The second kappa shape index (κ2) is 14.2. The van der Waals surface area contributed by atoms with E-state index >= 15 is 0 Å². The summed E-state index contributed by atoms with van der Waals surface area (Å²) >= 11 is 0. The van der Waals surface area contributed by atoms with E-state index in [9.17, 15) is 19.2 Å². The van der Waals surface area contributed by atoms with E-state index in [0.29, 0.717) is 11.4 Å². The van der Waals surface area contributed by atoms with Crippen molar-refractivity contribution in [3.05, 3.63) is 102 Å². The molecule has 13 heteroatoms. The molecule has 33 heavy (non-hydrogen) atoms. The molecule has 12 nitrogen and oxygen atoms in total.